The molecular weight excluding hydrogens is 390 g/mol. The number of oxazole rings is 1. The number of aromatic nitrogens is 1. The molecule has 0 aliphatic heterocycles. The van der Waals surface area contributed by atoms with Crippen molar-refractivity contribution in [1.29, 1.82) is 0 Å². The first-order chi connectivity index (χ1) is 14.9. The number of nitrogens with zero attached hydrogens (tertiary/aromatic N) is 2. The Bertz CT molecular complexity index is 829. The predicted molar refractivity (Wildman–Crippen MR) is 123 cm³/mol. The molecule has 170 valence electrons. The summed E-state index contributed by atoms with van der Waals surface area (Å²) in [5.74, 6) is 0.0434. The van der Waals surface area contributed by atoms with Crippen LogP contribution in [-0.2, 0) is 13.0 Å². The summed E-state index contributed by atoms with van der Waals surface area (Å²) in [7, 11) is 0. The Morgan fingerprint density at radius 1 is 1.06 bits per heavy atom. The van der Waals surface area contributed by atoms with Gasteiger partial charge in [0.2, 0.25) is 5.89 Å². The Labute approximate surface area is 186 Å². The minimum Gasteiger partial charge on any atom is -0.446 e. The molecular formula is C25H37N3O3. The summed E-state index contributed by atoms with van der Waals surface area (Å²) in [4.78, 5) is 31.6. The summed E-state index contributed by atoms with van der Waals surface area (Å²) in [6.45, 7) is 10.4. The highest BCUT2D eigenvalue weighted by Gasteiger charge is 2.24. The minimum atomic E-state index is -0.260. The molecule has 0 saturated carbocycles. The van der Waals surface area contributed by atoms with Gasteiger partial charge in [-0.3, -0.25) is 9.59 Å². The van der Waals surface area contributed by atoms with E-state index in [4.69, 9.17) is 4.42 Å². The van der Waals surface area contributed by atoms with Crippen LogP contribution >= 0.6 is 0 Å². The number of rotatable bonds is 12. The van der Waals surface area contributed by atoms with E-state index in [0.717, 1.165) is 19.3 Å². The van der Waals surface area contributed by atoms with Crippen LogP contribution in [0.2, 0.25) is 0 Å². The lowest BCUT2D eigenvalue weighted by atomic mass is 10.0. The fourth-order valence-corrected chi connectivity index (χ4v) is 3.24. The average Bonchev–Trinajstić information content (AvgIpc) is 3.26. The summed E-state index contributed by atoms with van der Waals surface area (Å²) in [6.07, 6.45) is 7.62. The van der Waals surface area contributed by atoms with Crippen LogP contribution in [0.25, 0.3) is 0 Å². The Morgan fingerprint density at radius 2 is 1.77 bits per heavy atom. The number of carbonyl (C=O) groups is 2. The standard InChI is InChI=1S/C25H37N3O3/c1-6-9-10-11-20-12-14-21(15-13-20)25(30)28(19(5)8-3)16-23-27-22(17-31-23)24(29)26-18(4)7-2/h12-15,17-19H,6-11,16H2,1-5H3,(H,26,29). The number of amides is 2. The first-order valence-electron chi connectivity index (χ1n) is 11.5. The number of aryl methyl sites for hydroxylation is 1. The third kappa shape index (κ3) is 7.23. The van der Waals surface area contributed by atoms with E-state index in [1.54, 1.807) is 4.90 Å². The van der Waals surface area contributed by atoms with Crippen LogP contribution in [-0.4, -0.2) is 33.8 Å². The molecule has 1 heterocycles. The van der Waals surface area contributed by atoms with Gasteiger partial charge in [0.25, 0.3) is 11.8 Å². The lowest BCUT2D eigenvalue weighted by molar-refractivity contribution is 0.0652. The molecule has 6 heteroatoms. The van der Waals surface area contributed by atoms with Gasteiger partial charge in [-0.1, -0.05) is 45.7 Å². The van der Waals surface area contributed by atoms with Gasteiger partial charge < -0.3 is 14.6 Å². The molecule has 0 fully saturated rings. The highest BCUT2D eigenvalue weighted by molar-refractivity contribution is 5.94. The van der Waals surface area contributed by atoms with Gasteiger partial charge in [0.1, 0.15) is 6.26 Å². The third-order valence-corrected chi connectivity index (χ3v) is 5.73. The molecule has 2 aromatic rings. The zero-order valence-electron chi connectivity index (χ0n) is 19.6. The van der Waals surface area contributed by atoms with Gasteiger partial charge in [-0.05, 0) is 57.2 Å². The van der Waals surface area contributed by atoms with Gasteiger partial charge in [0.15, 0.2) is 5.69 Å². The van der Waals surface area contributed by atoms with Crippen molar-refractivity contribution in [3.05, 3.63) is 53.2 Å². The fourth-order valence-electron chi connectivity index (χ4n) is 3.24. The van der Waals surface area contributed by atoms with Crippen molar-refractivity contribution in [3.8, 4) is 0 Å². The molecule has 2 amide bonds. The van der Waals surface area contributed by atoms with Gasteiger partial charge >= 0.3 is 0 Å². The maximum atomic E-state index is 13.2. The number of nitrogens with one attached hydrogen (secondary N) is 1. The van der Waals surface area contributed by atoms with Crippen molar-refractivity contribution in [2.75, 3.05) is 0 Å². The second-order valence-electron chi connectivity index (χ2n) is 8.25. The summed E-state index contributed by atoms with van der Waals surface area (Å²) in [5.41, 5.74) is 2.15. The van der Waals surface area contributed by atoms with Crippen LogP contribution in [0.15, 0.2) is 34.9 Å². The zero-order valence-corrected chi connectivity index (χ0v) is 19.6. The molecule has 2 unspecified atom stereocenters. The Kier molecular flexibility index (Phi) is 9.76. The predicted octanol–water partition coefficient (Wildman–Crippen LogP) is 5.38. The van der Waals surface area contributed by atoms with Crippen molar-refractivity contribution in [2.45, 2.75) is 91.8 Å². The molecule has 2 atom stereocenters. The quantitative estimate of drug-likeness (QED) is 0.462. The summed E-state index contributed by atoms with van der Waals surface area (Å²) in [5, 5.41) is 2.88. The monoisotopic (exact) mass is 427 g/mol. The smallest absolute Gasteiger partial charge is 0.273 e. The largest absolute Gasteiger partial charge is 0.446 e. The van der Waals surface area contributed by atoms with E-state index in [2.05, 4.69) is 17.2 Å². The van der Waals surface area contributed by atoms with Crippen LogP contribution in [0.4, 0.5) is 0 Å². The van der Waals surface area contributed by atoms with Gasteiger partial charge in [0.05, 0.1) is 6.54 Å². The highest BCUT2D eigenvalue weighted by atomic mass is 16.3. The van der Waals surface area contributed by atoms with Crippen molar-refractivity contribution in [2.24, 2.45) is 0 Å². The highest BCUT2D eigenvalue weighted by Crippen LogP contribution is 2.17. The Balaban J connectivity index is 2.10. The molecule has 31 heavy (non-hydrogen) atoms. The molecule has 0 aliphatic rings. The van der Waals surface area contributed by atoms with E-state index in [9.17, 15) is 9.59 Å². The summed E-state index contributed by atoms with van der Waals surface area (Å²) in [6, 6.07) is 7.97. The molecule has 1 N–H and O–H groups in total. The maximum absolute atomic E-state index is 13.2. The van der Waals surface area contributed by atoms with E-state index in [1.807, 2.05) is 52.0 Å². The molecule has 0 saturated heterocycles. The van der Waals surface area contributed by atoms with Crippen LogP contribution in [0.5, 0.6) is 0 Å². The number of hydrogen-bond acceptors (Lipinski definition) is 4. The number of benzene rings is 1. The topological polar surface area (TPSA) is 75.4 Å². The Hall–Kier alpha value is -2.63. The van der Waals surface area contributed by atoms with Crippen LogP contribution in [0.3, 0.4) is 0 Å². The normalized spacial score (nSPS) is 12.9. The van der Waals surface area contributed by atoms with Gasteiger partial charge in [0, 0.05) is 17.6 Å². The first kappa shape index (κ1) is 24.6. The Morgan fingerprint density at radius 3 is 2.39 bits per heavy atom. The SMILES string of the molecule is CCCCCc1ccc(C(=O)N(Cc2nc(C(=O)NC(C)CC)co2)C(C)CC)cc1. The van der Waals surface area contributed by atoms with E-state index in [0.29, 0.717) is 11.5 Å². The van der Waals surface area contributed by atoms with E-state index in [-0.39, 0.29) is 36.1 Å². The van der Waals surface area contributed by atoms with Gasteiger partial charge in [-0.25, -0.2) is 4.98 Å². The van der Waals surface area contributed by atoms with Crippen molar-refractivity contribution >= 4 is 11.8 Å². The molecule has 1 aromatic heterocycles. The summed E-state index contributed by atoms with van der Waals surface area (Å²) < 4.78 is 5.52. The fraction of sp³-hybridized carbons (Fsp3) is 0.560. The lowest BCUT2D eigenvalue weighted by Crippen LogP contribution is -2.38. The molecule has 6 nitrogen and oxygen atoms in total. The molecule has 2 rings (SSSR count). The molecule has 0 spiro atoms. The first-order valence-corrected chi connectivity index (χ1v) is 11.5. The average molecular weight is 428 g/mol. The molecule has 1 aromatic carbocycles. The van der Waals surface area contributed by atoms with Crippen molar-refractivity contribution in [1.82, 2.24) is 15.2 Å². The zero-order chi connectivity index (χ0) is 22.8. The van der Waals surface area contributed by atoms with Gasteiger partial charge in [-0.15, -0.1) is 0 Å². The molecule has 0 radical (unpaired) electrons. The number of unbranched alkanes of at least 4 members (excludes halogenated alkanes) is 2. The number of hydrogen-bond donors (Lipinski definition) is 1. The molecule has 0 aliphatic carbocycles. The van der Waals surface area contributed by atoms with Crippen LogP contribution in [0, 0.1) is 0 Å². The second-order valence-corrected chi connectivity index (χ2v) is 8.25. The van der Waals surface area contributed by atoms with Gasteiger partial charge in [-0.2, -0.15) is 0 Å². The van der Waals surface area contributed by atoms with E-state index >= 15 is 0 Å². The number of carbonyl (C=O) groups excluding carboxylic acids is 2. The van der Waals surface area contributed by atoms with Crippen molar-refractivity contribution in [3.63, 3.8) is 0 Å². The maximum Gasteiger partial charge on any atom is 0.273 e. The second kappa shape index (κ2) is 12.3. The van der Waals surface area contributed by atoms with Crippen LogP contribution in [0.1, 0.15) is 99.0 Å². The minimum absolute atomic E-state index is 0.0148. The molecule has 0 bridgehead atoms. The lowest BCUT2D eigenvalue weighted by Gasteiger charge is -2.27. The third-order valence-electron chi connectivity index (χ3n) is 5.73. The van der Waals surface area contributed by atoms with Crippen molar-refractivity contribution < 1.29 is 14.0 Å². The summed E-state index contributed by atoms with van der Waals surface area (Å²) >= 11 is 0. The van der Waals surface area contributed by atoms with E-state index in [1.165, 1.54) is 31.1 Å². The van der Waals surface area contributed by atoms with Crippen LogP contribution < -0.4 is 5.32 Å². The van der Waals surface area contributed by atoms with E-state index < -0.39 is 0 Å².